The minimum Gasteiger partial charge on any atom is -0.330 e. The van der Waals surface area contributed by atoms with Crippen molar-refractivity contribution in [1.82, 2.24) is 9.80 Å². The van der Waals surface area contributed by atoms with Crippen LogP contribution in [-0.4, -0.2) is 47.4 Å². The lowest BCUT2D eigenvalue weighted by atomic mass is 10.3. The molecule has 0 aromatic rings. The van der Waals surface area contributed by atoms with Gasteiger partial charge in [-0.1, -0.05) is 0 Å². The van der Waals surface area contributed by atoms with E-state index in [4.69, 9.17) is 5.73 Å². The highest BCUT2D eigenvalue weighted by Crippen LogP contribution is 2.13. The van der Waals surface area contributed by atoms with Crippen molar-refractivity contribution in [1.29, 1.82) is 0 Å². The van der Waals surface area contributed by atoms with Crippen LogP contribution in [0.25, 0.3) is 0 Å². The Bertz CT molecular complexity index is 240. The molecule has 2 N–H and O–H groups in total. The van der Waals surface area contributed by atoms with Gasteiger partial charge in [-0.3, -0.25) is 9.69 Å². The van der Waals surface area contributed by atoms with E-state index in [0.29, 0.717) is 19.5 Å². The van der Waals surface area contributed by atoms with Crippen molar-refractivity contribution in [3.63, 3.8) is 0 Å². The van der Waals surface area contributed by atoms with Gasteiger partial charge in [-0.2, -0.15) is 0 Å². The molecule has 3 amide bonds. The number of imide groups is 1. The number of nitrogens with zero attached hydrogens (tertiary/aromatic N) is 2. The van der Waals surface area contributed by atoms with Crippen LogP contribution in [0, 0.1) is 0 Å². The molecule has 0 spiro atoms. The fraction of sp³-hybridized carbons (Fsp3) is 0.778. The Morgan fingerprint density at radius 1 is 1.43 bits per heavy atom. The van der Waals surface area contributed by atoms with Gasteiger partial charge >= 0.3 is 6.03 Å². The number of hydrogen-bond acceptors (Lipinski definition) is 3. The first-order valence-corrected chi connectivity index (χ1v) is 4.89. The standard InChI is InChI=1S/C9H17N3O2/c1-7(2)12-6-8(13)11(9(12)14)5-3-4-10/h7H,3-6,10H2,1-2H3. The largest absolute Gasteiger partial charge is 0.330 e. The second-order valence-electron chi connectivity index (χ2n) is 3.69. The number of amides is 3. The van der Waals surface area contributed by atoms with Crippen molar-refractivity contribution in [2.75, 3.05) is 19.6 Å². The Balaban J connectivity index is 2.61. The molecule has 1 rings (SSSR count). The highest BCUT2D eigenvalue weighted by atomic mass is 16.2. The van der Waals surface area contributed by atoms with Gasteiger partial charge in [0.05, 0.1) is 0 Å². The molecule has 1 saturated heterocycles. The molecule has 5 nitrogen and oxygen atoms in total. The minimum absolute atomic E-state index is 0.0781. The first-order chi connectivity index (χ1) is 6.57. The van der Waals surface area contributed by atoms with Crippen LogP contribution in [0.2, 0.25) is 0 Å². The summed E-state index contributed by atoms with van der Waals surface area (Å²) in [6, 6.07) is -0.104. The van der Waals surface area contributed by atoms with Gasteiger partial charge in [0.15, 0.2) is 0 Å². The summed E-state index contributed by atoms with van der Waals surface area (Å²) in [6.07, 6.45) is 0.670. The molecule has 14 heavy (non-hydrogen) atoms. The Morgan fingerprint density at radius 2 is 2.07 bits per heavy atom. The van der Waals surface area contributed by atoms with Gasteiger partial charge in [-0.15, -0.1) is 0 Å². The van der Waals surface area contributed by atoms with Crippen LogP contribution in [0.1, 0.15) is 20.3 Å². The van der Waals surface area contributed by atoms with Crippen LogP contribution in [0.3, 0.4) is 0 Å². The van der Waals surface area contributed by atoms with Gasteiger partial charge in [0, 0.05) is 12.6 Å². The Kier molecular flexibility index (Phi) is 3.46. The third-order valence-electron chi connectivity index (χ3n) is 2.29. The second-order valence-corrected chi connectivity index (χ2v) is 3.69. The first-order valence-electron chi connectivity index (χ1n) is 4.89. The third-order valence-corrected chi connectivity index (χ3v) is 2.29. The van der Waals surface area contributed by atoms with E-state index in [2.05, 4.69) is 0 Å². The topological polar surface area (TPSA) is 66.6 Å². The van der Waals surface area contributed by atoms with E-state index in [9.17, 15) is 9.59 Å². The van der Waals surface area contributed by atoms with Crippen LogP contribution in [0.4, 0.5) is 4.79 Å². The molecule has 0 aromatic heterocycles. The van der Waals surface area contributed by atoms with Gasteiger partial charge in [-0.05, 0) is 26.8 Å². The zero-order valence-electron chi connectivity index (χ0n) is 8.69. The van der Waals surface area contributed by atoms with Gasteiger partial charge in [0.1, 0.15) is 6.54 Å². The normalized spacial score (nSPS) is 17.4. The molecule has 0 aliphatic carbocycles. The lowest BCUT2D eigenvalue weighted by Crippen LogP contribution is -2.37. The molecule has 1 aliphatic heterocycles. The fourth-order valence-corrected chi connectivity index (χ4v) is 1.43. The monoisotopic (exact) mass is 199 g/mol. The summed E-state index contributed by atoms with van der Waals surface area (Å²) < 4.78 is 0. The maximum atomic E-state index is 11.7. The highest BCUT2D eigenvalue weighted by Gasteiger charge is 2.36. The van der Waals surface area contributed by atoms with Gasteiger partial charge in [-0.25, -0.2) is 4.79 Å². The summed E-state index contributed by atoms with van der Waals surface area (Å²) in [5.74, 6) is -0.114. The number of urea groups is 1. The quantitative estimate of drug-likeness (QED) is 0.648. The number of carbonyl (C=O) groups excluding carboxylic acids is 2. The summed E-state index contributed by atoms with van der Waals surface area (Å²) in [7, 11) is 0. The predicted molar refractivity (Wildman–Crippen MR) is 52.6 cm³/mol. The van der Waals surface area contributed by atoms with E-state index >= 15 is 0 Å². The average Bonchev–Trinajstić information content (AvgIpc) is 2.40. The van der Waals surface area contributed by atoms with Crippen molar-refractivity contribution < 1.29 is 9.59 Å². The van der Waals surface area contributed by atoms with E-state index in [1.807, 2.05) is 13.8 Å². The molecule has 80 valence electrons. The molecule has 0 radical (unpaired) electrons. The van der Waals surface area contributed by atoms with Gasteiger partial charge in [0.2, 0.25) is 5.91 Å². The number of rotatable bonds is 4. The van der Waals surface area contributed by atoms with E-state index in [0.717, 1.165) is 0 Å². The summed E-state index contributed by atoms with van der Waals surface area (Å²) in [6.45, 7) is 4.95. The molecule has 0 aromatic carbocycles. The van der Waals surface area contributed by atoms with Crippen LogP contribution in [-0.2, 0) is 4.79 Å². The van der Waals surface area contributed by atoms with Crippen molar-refractivity contribution >= 4 is 11.9 Å². The van der Waals surface area contributed by atoms with E-state index < -0.39 is 0 Å². The number of carbonyl (C=O) groups is 2. The SMILES string of the molecule is CC(C)N1CC(=O)N(CCCN)C1=O. The first kappa shape index (κ1) is 11.0. The molecular weight excluding hydrogens is 182 g/mol. The number of hydrogen-bond donors (Lipinski definition) is 1. The molecule has 0 atom stereocenters. The zero-order chi connectivity index (χ0) is 10.7. The highest BCUT2D eigenvalue weighted by molar-refractivity contribution is 6.02. The zero-order valence-corrected chi connectivity index (χ0v) is 8.69. The second kappa shape index (κ2) is 4.41. The summed E-state index contributed by atoms with van der Waals surface area (Å²) in [4.78, 5) is 25.9. The maximum Gasteiger partial charge on any atom is 0.327 e. The van der Waals surface area contributed by atoms with Crippen molar-refractivity contribution in [3.8, 4) is 0 Å². The Hall–Kier alpha value is -1.10. The van der Waals surface area contributed by atoms with E-state index in [1.165, 1.54) is 4.90 Å². The molecule has 5 heteroatoms. The molecule has 1 aliphatic rings. The predicted octanol–water partition coefficient (Wildman–Crippen LogP) is 0.00780. The lowest BCUT2D eigenvalue weighted by Gasteiger charge is -2.19. The number of nitrogens with two attached hydrogens (primary N) is 1. The van der Waals surface area contributed by atoms with E-state index in [1.54, 1.807) is 4.90 Å². The molecule has 0 bridgehead atoms. The summed E-state index contributed by atoms with van der Waals surface area (Å²) in [5, 5.41) is 0. The molecule has 0 unspecified atom stereocenters. The minimum atomic E-state index is -0.182. The maximum absolute atomic E-state index is 11.7. The van der Waals surface area contributed by atoms with Crippen molar-refractivity contribution in [3.05, 3.63) is 0 Å². The third kappa shape index (κ3) is 2.04. The fourth-order valence-electron chi connectivity index (χ4n) is 1.43. The molecular formula is C9H17N3O2. The smallest absolute Gasteiger partial charge is 0.327 e. The van der Waals surface area contributed by atoms with Crippen molar-refractivity contribution in [2.45, 2.75) is 26.3 Å². The summed E-state index contributed by atoms with van der Waals surface area (Å²) in [5.41, 5.74) is 5.33. The molecule has 1 heterocycles. The Morgan fingerprint density at radius 3 is 2.50 bits per heavy atom. The average molecular weight is 199 g/mol. The summed E-state index contributed by atoms with van der Waals surface area (Å²) >= 11 is 0. The molecule has 1 fully saturated rings. The van der Waals surface area contributed by atoms with Crippen LogP contribution >= 0.6 is 0 Å². The van der Waals surface area contributed by atoms with E-state index in [-0.39, 0.29) is 24.5 Å². The van der Waals surface area contributed by atoms with Crippen molar-refractivity contribution in [2.24, 2.45) is 5.73 Å². The molecule has 0 saturated carbocycles. The van der Waals surface area contributed by atoms with Gasteiger partial charge in [0.25, 0.3) is 0 Å². The van der Waals surface area contributed by atoms with Crippen LogP contribution in [0.5, 0.6) is 0 Å². The van der Waals surface area contributed by atoms with Crippen LogP contribution in [0.15, 0.2) is 0 Å². The van der Waals surface area contributed by atoms with Gasteiger partial charge < -0.3 is 10.6 Å². The van der Waals surface area contributed by atoms with Crippen LogP contribution < -0.4 is 5.73 Å². The Labute approximate surface area is 83.8 Å². The lowest BCUT2D eigenvalue weighted by molar-refractivity contribution is -0.125.